The van der Waals surface area contributed by atoms with Crippen LogP contribution in [0.5, 0.6) is 0 Å². The van der Waals surface area contributed by atoms with Gasteiger partial charge in [0.05, 0.1) is 11.9 Å². The van der Waals surface area contributed by atoms with Crippen molar-refractivity contribution in [2.75, 3.05) is 31.3 Å². The van der Waals surface area contributed by atoms with Crippen molar-refractivity contribution in [3.63, 3.8) is 0 Å². The molecule has 0 unspecified atom stereocenters. The molecule has 1 saturated heterocycles. The molecule has 1 atom stereocenters. The number of nitrogens with zero attached hydrogens (tertiary/aromatic N) is 3. The number of aromatic nitrogens is 2. The highest BCUT2D eigenvalue weighted by Crippen LogP contribution is 2.29. The maximum Gasteiger partial charge on any atom is 0.225 e. The highest BCUT2D eigenvalue weighted by atomic mass is 35.5. The van der Waals surface area contributed by atoms with Gasteiger partial charge in [0, 0.05) is 37.3 Å². The Morgan fingerprint density at radius 2 is 2.12 bits per heavy atom. The van der Waals surface area contributed by atoms with E-state index in [0.29, 0.717) is 23.2 Å². The molecule has 2 aromatic rings. The molecule has 140 valence electrons. The van der Waals surface area contributed by atoms with Crippen molar-refractivity contribution in [2.45, 2.75) is 30.2 Å². The van der Waals surface area contributed by atoms with Crippen LogP contribution in [0.2, 0.25) is 5.02 Å². The largest absolute Gasteiger partial charge is 0.339 e. The van der Waals surface area contributed by atoms with Crippen molar-refractivity contribution < 1.29 is 8.42 Å². The van der Waals surface area contributed by atoms with Crippen LogP contribution >= 0.6 is 11.6 Å². The number of nitrogens with one attached hydrogen (secondary N) is 1. The normalized spacial score (nSPS) is 17.9. The van der Waals surface area contributed by atoms with E-state index in [4.69, 9.17) is 11.6 Å². The second-order valence-corrected chi connectivity index (χ2v) is 9.07. The molecular weight excluding hydrogens is 372 g/mol. The maximum atomic E-state index is 12.2. The van der Waals surface area contributed by atoms with E-state index in [1.54, 1.807) is 0 Å². The van der Waals surface area contributed by atoms with Crippen molar-refractivity contribution in [1.29, 1.82) is 0 Å². The van der Waals surface area contributed by atoms with E-state index in [1.807, 2.05) is 36.2 Å². The Labute approximate surface area is 159 Å². The summed E-state index contributed by atoms with van der Waals surface area (Å²) >= 11 is 6.24. The van der Waals surface area contributed by atoms with Crippen molar-refractivity contribution in [3.05, 3.63) is 46.7 Å². The van der Waals surface area contributed by atoms with Crippen molar-refractivity contribution >= 4 is 27.4 Å². The molecular formula is C18H23ClN4O2S. The second kappa shape index (κ2) is 7.90. The quantitative estimate of drug-likeness (QED) is 0.840. The summed E-state index contributed by atoms with van der Waals surface area (Å²) in [6.45, 7) is 2.22. The van der Waals surface area contributed by atoms with E-state index in [1.165, 1.54) is 12.5 Å². The molecule has 0 bridgehead atoms. The van der Waals surface area contributed by atoms with E-state index in [0.717, 1.165) is 31.5 Å². The number of halogens is 1. The molecule has 1 aliphatic rings. The minimum atomic E-state index is -3.38. The van der Waals surface area contributed by atoms with Gasteiger partial charge in [-0.3, -0.25) is 0 Å². The number of hydrogen-bond acceptors (Lipinski definition) is 6. The van der Waals surface area contributed by atoms with Crippen LogP contribution in [0, 0.1) is 0 Å². The van der Waals surface area contributed by atoms with Gasteiger partial charge < -0.3 is 10.2 Å². The van der Waals surface area contributed by atoms with Crippen molar-refractivity contribution in [2.24, 2.45) is 0 Å². The molecule has 0 aliphatic carbocycles. The van der Waals surface area contributed by atoms with Gasteiger partial charge in [0.2, 0.25) is 5.95 Å². The average molecular weight is 395 g/mol. The van der Waals surface area contributed by atoms with Gasteiger partial charge in [0.25, 0.3) is 0 Å². The molecule has 0 spiro atoms. The number of benzene rings is 1. The van der Waals surface area contributed by atoms with Gasteiger partial charge >= 0.3 is 0 Å². The molecule has 1 N–H and O–H groups in total. The van der Waals surface area contributed by atoms with Gasteiger partial charge in [-0.2, -0.15) is 0 Å². The summed E-state index contributed by atoms with van der Waals surface area (Å²) < 4.78 is 24.4. The van der Waals surface area contributed by atoms with Crippen LogP contribution in [-0.2, 0) is 16.4 Å². The van der Waals surface area contributed by atoms with Crippen LogP contribution in [-0.4, -0.2) is 44.8 Å². The zero-order chi connectivity index (χ0) is 18.7. The maximum absolute atomic E-state index is 12.2. The van der Waals surface area contributed by atoms with Gasteiger partial charge in [0.1, 0.15) is 4.90 Å². The highest BCUT2D eigenvalue weighted by molar-refractivity contribution is 7.90. The Kier molecular flexibility index (Phi) is 5.79. The van der Waals surface area contributed by atoms with E-state index < -0.39 is 9.84 Å². The summed E-state index contributed by atoms with van der Waals surface area (Å²) in [6.07, 6.45) is 4.56. The Bertz CT molecular complexity index is 883. The summed E-state index contributed by atoms with van der Waals surface area (Å²) in [5.74, 6) is 0.571. The van der Waals surface area contributed by atoms with E-state index >= 15 is 0 Å². The van der Waals surface area contributed by atoms with E-state index in [-0.39, 0.29) is 10.8 Å². The fourth-order valence-corrected chi connectivity index (χ4v) is 4.21. The zero-order valence-electron chi connectivity index (χ0n) is 14.9. The summed E-state index contributed by atoms with van der Waals surface area (Å²) in [6, 6.07) is 7.62. The molecule has 3 rings (SSSR count). The third-order valence-corrected chi connectivity index (χ3v) is 6.04. The SMILES string of the molecule is CN(Cc1ccccc1Cl)c1ncc(S(C)(=O)=O)c([C@H]2CCCNC2)n1. The molecule has 6 nitrogen and oxygen atoms in total. The van der Waals surface area contributed by atoms with Crippen LogP contribution in [0.3, 0.4) is 0 Å². The molecule has 8 heteroatoms. The molecule has 1 aromatic heterocycles. The lowest BCUT2D eigenvalue weighted by Crippen LogP contribution is -2.30. The fraction of sp³-hybridized carbons (Fsp3) is 0.444. The van der Waals surface area contributed by atoms with Crippen LogP contribution in [0.1, 0.15) is 30.0 Å². The average Bonchev–Trinajstić information content (AvgIpc) is 2.63. The molecule has 1 aliphatic heterocycles. The summed E-state index contributed by atoms with van der Waals surface area (Å²) in [7, 11) is -1.51. The van der Waals surface area contributed by atoms with E-state index in [2.05, 4.69) is 15.3 Å². The lowest BCUT2D eigenvalue weighted by molar-refractivity contribution is 0.447. The monoisotopic (exact) mass is 394 g/mol. The molecule has 0 amide bonds. The first-order chi connectivity index (χ1) is 12.4. The lowest BCUT2D eigenvalue weighted by Gasteiger charge is -2.25. The Balaban J connectivity index is 1.94. The standard InChI is InChI=1S/C18H23ClN4O2S/c1-23(12-14-6-3-4-8-15(14)19)18-21-11-16(26(2,24)25)17(22-18)13-7-5-9-20-10-13/h3-4,6,8,11,13,20H,5,7,9-10,12H2,1-2H3/t13-/m0/s1. The third-order valence-electron chi connectivity index (χ3n) is 4.56. The van der Waals surface area contributed by atoms with E-state index in [9.17, 15) is 8.42 Å². The van der Waals surface area contributed by atoms with Crippen molar-refractivity contribution in [1.82, 2.24) is 15.3 Å². The summed E-state index contributed by atoms with van der Waals surface area (Å²) in [5.41, 5.74) is 1.57. The van der Waals surface area contributed by atoms with Gasteiger partial charge in [-0.05, 0) is 31.0 Å². The number of piperidine rings is 1. The number of anilines is 1. The van der Waals surface area contributed by atoms with Crippen LogP contribution in [0.4, 0.5) is 5.95 Å². The first kappa shape index (κ1) is 19.1. The number of hydrogen-bond donors (Lipinski definition) is 1. The summed E-state index contributed by atoms with van der Waals surface area (Å²) in [5, 5.41) is 4.01. The number of sulfone groups is 1. The predicted octanol–water partition coefficient (Wildman–Crippen LogP) is 2.64. The first-order valence-electron chi connectivity index (χ1n) is 8.58. The zero-order valence-corrected chi connectivity index (χ0v) is 16.5. The minimum Gasteiger partial charge on any atom is -0.339 e. The fourth-order valence-electron chi connectivity index (χ4n) is 3.17. The summed E-state index contributed by atoms with van der Waals surface area (Å²) in [4.78, 5) is 11.0. The molecule has 0 saturated carbocycles. The Morgan fingerprint density at radius 1 is 1.35 bits per heavy atom. The van der Waals surface area contributed by atoms with Crippen LogP contribution in [0.15, 0.2) is 35.4 Å². The highest BCUT2D eigenvalue weighted by Gasteiger charge is 2.26. The second-order valence-electron chi connectivity index (χ2n) is 6.68. The van der Waals surface area contributed by atoms with Crippen LogP contribution in [0.25, 0.3) is 0 Å². The molecule has 2 heterocycles. The smallest absolute Gasteiger partial charge is 0.225 e. The topological polar surface area (TPSA) is 75.2 Å². The molecule has 1 aromatic carbocycles. The minimum absolute atomic E-state index is 0.0731. The van der Waals surface area contributed by atoms with Gasteiger partial charge in [0.15, 0.2) is 9.84 Å². The number of rotatable bonds is 5. The van der Waals surface area contributed by atoms with Gasteiger partial charge in [-0.25, -0.2) is 18.4 Å². The molecule has 1 fully saturated rings. The molecule has 26 heavy (non-hydrogen) atoms. The third kappa shape index (κ3) is 4.34. The van der Waals surface area contributed by atoms with Crippen LogP contribution < -0.4 is 10.2 Å². The first-order valence-corrected chi connectivity index (χ1v) is 10.9. The molecule has 0 radical (unpaired) electrons. The van der Waals surface area contributed by atoms with Gasteiger partial charge in [-0.1, -0.05) is 29.8 Å². The van der Waals surface area contributed by atoms with Gasteiger partial charge in [-0.15, -0.1) is 0 Å². The van der Waals surface area contributed by atoms with Crippen molar-refractivity contribution in [3.8, 4) is 0 Å². The Hall–Kier alpha value is -1.70. The predicted molar refractivity (Wildman–Crippen MR) is 104 cm³/mol. The Morgan fingerprint density at radius 3 is 2.77 bits per heavy atom. The lowest BCUT2D eigenvalue weighted by atomic mass is 9.96.